The van der Waals surface area contributed by atoms with E-state index in [2.05, 4.69) is 9.97 Å². The molecule has 2 heterocycles. The number of hydrogen-bond acceptors (Lipinski definition) is 4. The van der Waals surface area contributed by atoms with Crippen LogP contribution in [0.1, 0.15) is 32.6 Å². The van der Waals surface area contributed by atoms with E-state index in [0.717, 1.165) is 0 Å². The second-order valence-corrected chi connectivity index (χ2v) is 7.20. The molecule has 1 aromatic heterocycles. The second-order valence-electron chi connectivity index (χ2n) is 6.86. The molecular weight excluding hydrogens is 326 g/mol. The van der Waals surface area contributed by atoms with Crippen molar-refractivity contribution >= 4 is 29.0 Å². The SMILES string of the molecule is C[C@H]1C[C@@]12C(=O)N(C)c1cnc(Cl)nc1N2C1CCC(F)(F)C1. The van der Waals surface area contributed by atoms with E-state index in [-0.39, 0.29) is 30.0 Å². The number of fused-ring (bicyclic) bond motifs is 1. The lowest BCUT2D eigenvalue weighted by Gasteiger charge is -2.45. The molecule has 1 aliphatic heterocycles. The minimum atomic E-state index is -2.69. The third-order valence-electron chi connectivity index (χ3n) is 5.43. The normalized spacial score (nSPS) is 34.9. The van der Waals surface area contributed by atoms with Crippen LogP contribution in [0.2, 0.25) is 5.28 Å². The van der Waals surface area contributed by atoms with E-state index >= 15 is 0 Å². The monoisotopic (exact) mass is 342 g/mol. The molecule has 2 fully saturated rings. The molecule has 0 radical (unpaired) electrons. The smallest absolute Gasteiger partial charge is 0.253 e. The molecule has 2 aliphatic carbocycles. The van der Waals surface area contributed by atoms with E-state index in [1.807, 2.05) is 11.8 Å². The highest BCUT2D eigenvalue weighted by atomic mass is 35.5. The molecule has 1 spiro atoms. The number of anilines is 2. The quantitative estimate of drug-likeness (QED) is 0.736. The number of alkyl halides is 2. The Morgan fingerprint density at radius 2 is 2.09 bits per heavy atom. The molecule has 124 valence electrons. The van der Waals surface area contributed by atoms with Crippen LogP contribution in [-0.2, 0) is 4.79 Å². The van der Waals surface area contributed by atoms with Crippen molar-refractivity contribution in [2.75, 3.05) is 16.8 Å². The fraction of sp³-hybridized carbons (Fsp3) is 0.667. The molecule has 5 nitrogen and oxygen atoms in total. The van der Waals surface area contributed by atoms with Gasteiger partial charge in [-0.1, -0.05) is 6.92 Å². The zero-order valence-corrected chi connectivity index (χ0v) is 13.6. The highest BCUT2D eigenvalue weighted by Crippen LogP contribution is 2.58. The lowest BCUT2D eigenvalue weighted by molar-refractivity contribution is -0.121. The largest absolute Gasteiger partial charge is 0.336 e. The summed E-state index contributed by atoms with van der Waals surface area (Å²) >= 11 is 5.94. The van der Waals surface area contributed by atoms with Gasteiger partial charge in [0.1, 0.15) is 11.2 Å². The molecule has 1 amide bonds. The van der Waals surface area contributed by atoms with Crippen LogP contribution in [-0.4, -0.2) is 40.4 Å². The van der Waals surface area contributed by atoms with Crippen molar-refractivity contribution in [3.05, 3.63) is 11.5 Å². The number of likely N-dealkylation sites (N-methyl/N-ethyl adjacent to an activating group) is 1. The molecule has 3 atom stereocenters. The summed E-state index contributed by atoms with van der Waals surface area (Å²) in [6.45, 7) is 1.97. The van der Waals surface area contributed by atoms with Gasteiger partial charge in [-0.15, -0.1) is 0 Å². The number of aromatic nitrogens is 2. The van der Waals surface area contributed by atoms with Crippen molar-refractivity contribution in [1.29, 1.82) is 0 Å². The Hall–Kier alpha value is -1.50. The van der Waals surface area contributed by atoms with Gasteiger partial charge in [0.05, 0.1) is 6.20 Å². The number of halogens is 3. The predicted octanol–water partition coefficient (Wildman–Crippen LogP) is 2.88. The molecule has 0 bridgehead atoms. The Labute approximate surface area is 137 Å². The summed E-state index contributed by atoms with van der Waals surface area (Å²) in [5, 5.41) is 0.0599. The van der Waals surface area contributed by atoms with Crippen LogP contribution in [0.15, 0.2) is 6.20 Å². The Morgan fingerprint density at radius 1 is 1.39 bits per heavy atom. The minimum Gasteiger partial charge on any atom is -0.336 e. The molecule has 8 heteroatoms. The fourth-order valence-electron chi connectivity index (χ4n) is 4.14. The Kier molecular flexibility index (Phi) is 2.96. The first-order valence-electron chi connectivity index (χ1n) is 7.74. The average Bonchev–Trinajstić information content (AvgIpc) is 3.00. The number of amides is 1. The van der Waals surface area contributed by atoms with Crippen LogP contribution in [0, 0.1) is 5.92 Å². The number of carbonyl (C=O) groups is 1. The highest BCUT2D eigenvalue weighted by Gasteiger charge is 2.67. The van der Waals surface area contributed by atoms with Crippen molar-refractivity contribution in [3.8, 4) is 0 Å². The van der Waals surface area contributed by atoms with Gasteiger partial charge in [-0.05, 0) is 30.4 Å². The summed E-state index contributed by atoms with van der Waals surface area (Å²) in [7, 11) is 1.67. The molecule has 4 rings (SSSR count). The molecule has 1 unspecified atom stereocenters. The van der Waals surface area contributed by atoms with E-state index < -0.39 is 17.5 Å². The molecule has 0 N–H and O–H groups in total. The van der Waals surface area contributed by atoms with Crippen molar-refractivity contribution in [2.45, 2.75) is 50.1 Å². The summed E-state index contributed by atoms with van der Waals surface area (Å²) in [6.07, 6.45) is 2.08. The topological polar surface area (TPSA) is 49.3 Å². The standard InChI is InChI=1S/C15H17ClF2N4O/c1-8-5-15(8)12(23)21(2)10-7-19-13(16)20-11(10)22(15)9-3-4-14(17,18)6-9/h7-9H,3-6H2,1-2H3/t8-,9?,15-/m0/s1. The first kappa shape index (κ1) is 15.1. The summed E-state index contributed by atoms with van der Waals surface area (Å²) in [6, 6.07) is -0.405. The molecular formula is C15H17ClF2N4O. The summed E-state index contributed by atoms with van der Waals surface area (Å²) in [4.78, 5) is 24.5. The van der Waals surface area contributed by atoms with Gasteiger partial charge in [-0.25, -0.2) is 13.8 Å². The molecule has 1 aromatic rings. The van der Waals surface area contributed by atoms with E-state index in [4.69, 9.17) is 11.6 Å². The maximum Gasteiger partial charge on any atom is 0.253 e. The number of rotatable bonds is 1. The van der Waals surface area contributed by atoms with E-state index in [9.17, 15) is 13.6 Å². The second kappa shape index (κ2) is 4.53. The molecule has 0 saturated heterocycles. The maximum atomic E-state index is 13.8. The minimum absolute atomic E-state index is 0.0599. The number of hydrogen-bond donors (Lipinski definition) is 0. The van der Waals surface area contributed by atoms with Gasteiger partial charge in [0.25, 0.3) is 5.91 Å². The van der Waals surface area contributed by atoms with Gasteiger partial charge in [0.15, 0.2) is 5.82 Å². The van der Waals surface area contributed by atoms with E-state index in [1.165, 1.54) is 11.1 Å². The maximum absolute atomic E-state index is 13.8. The molecule has 0 aromatic carbocycles. The third-order valence-corrected chi connectivity index (χ3v) is 5.61. The van der Waals surface area contributed by atoms with Crippen molar-refractivity contribution < 1.29 is 13.6 Å². The van der Waals surface area contributed by atoms with E-state index in [1.54, 1.807) is 7.05 Å². The lowest BCUT2D eigenvalue weighted by Crippen LogP contribution is -2.59. The van der Waals surface area contributed by atoms with Crippen molar-refractivity contribution in [3.63, 3.8) is 0 Å². The van der Waals surface area contributed by atoms with Crippen LogP contribution in [0.5, 0.6) is 0 Å². The van der Waals surface area contributed by atoms with Crippen molar-refractivity contribution in [2.24, 2.45) is 5.92 Å². The summed E-state index contributed by atoms with van der Waals surface area (Å²) < 4.78 is 27.5. The highest BCUT2D eigenvalue weighted by molar-refractivity contribution is 6.28. The van der Waals surface area contributed by atoms with E-state index in [0.29, 0.717) is 24.3 Å². The number of carbonyl (C=O) groups excluding carboxylic acids is 1. The first-order valence-corrected chi connectivity index (χ1v) is 8.12. The van der Waals surface area contributed by atoms with Gasteiger partial charge in [-0.2, -0.15) is 4.98 Å². The van der Waals surface area contributed by atoms with Gasteiger partial charge < -0.3 is 9.80 Å². The summed E-state index contributed by atoms with van der Waals surface area (Å²) in [5.41, 5.74) is -0.232. The molecule has 23 heavy (non-hydrogen) atoms. The zero-order valence-electron chi connectivity index (χ0n) is 12.9. The van der Waals surface area contributed by atoms with Gasteiger partial charge in [-0.3, -0.25) is 4.79 Å². The Bertz CT molecular complexity index is 700. The first-order chi connectivity index (χ1) is 10.8. The average molecular weight is 343 g/mol. The van der Waals surface area contributed by atoms with Crippen LogP contribution in [0.3, 0.4) is 0 Å². The van der Waals surface area contributed by atoms with Crippen molar-refractivity contribution in [1.82, 2.24) is 9.97 Å². The van der Waals surface area contributed by atoms with Gasteiger partial charge >= 0.3 is 0 Å². The Balaban J connectivity index is 1.86. The zero-order chi connectivity index (χ0) is 16.6. The third kappa shape index (κ3) is 1.98. The van der Waals surface area contributed by atoms with Crippen LogP contribution in [0.4, 0.5) is 20.3 Å². The van der Waals surface area contributed by atoms with Gasteiger partial charge in [0, 0.05) is 25.9 Å². The van der Waals surface area contributed by atoms with Crippen LogP contribution < -0.4 is 9.80 Å². The predicted molar refractivity (Wildman–Crippen MR) is 82.0 cm³/mol. The molecule has 3 aliphatic rings. The fourth-order valence-corrected chi connectivity index (χ4v) is 4.27. The lowest BCUT2D eigenvalue weighted by atomic mass is 10.0. The molecule has 2 saturated carbocycles. The number of nitrogens with zero attached hydrogens (tertiary/aromatic N) is 4. The van der Waals surface area contributed by atoms with Gasteiger partial charge in [0.2, 0.25) is 11.2 Å². The van der Waals surface area contributed by atoms with Crippen LogP contribution in [0.25, 0.3) is 0 Å². The Morgan fingerprint density at radius 3 is 2.65 bits per heavy atom. The summed E-state index contributed by atoms with van der Waals surface area (Å²) in [5.74, 6) is -2.15. The van der Waals surface area contributed by atoms with Crippen LogP contribution >= 0.6 is 11.6 Å².